The zero-order chi connectivity index (χ0) is 13.8. The van der Waals surface area contributed by atoms with E-state index in [1.165, 1.54) is 12.3 Å². The van der Waals surface area contributed by atoms with Gasteiger partial charge in [-0.2, -0.15) is 13.2 Å². The van der Waals surface area contributed by atoms with Crippen molar-refractivity contribution in [3.05, 3.63) is 23.9 Å². The van der Waals surface area contributed by atoms with Gasteiger partial charge in [-0.3, -0.25) is 0 Å². The Morgan fingerprint density at radius 2 is 2.06 bits per heavy atom. The smallest absolute Gasteiger partial charge is 0.364 e. The summed E-state index contributed by atoms with van der Waals surface area (Å²) in [6, 6.07) is 2.30. The minimum atomic E-state index is -4.41. The van der Waals surface area contributed by atoms with Gasteiger partial charge in [0, 0.05) is 11.7 Å². The Bertz CT molecular complexity index is 392. The highest BCUT2D eigenvalue weighted by Crippen LogP contribution is 2.35. The fourth-order valence-corrected chi connectivity index (χ4v) is 1.67. The molecule has 0 radical (unpaired) electrons. The summed E-state index contributed by atoms with van der Waals surface area (Å²) in [7, 11) is 0. The third kappa shape index (κ3) is 3.60. The fraction of sp³-hybridized carbons (Fsp3) is 0.583. The number of rotatable bonds is 5. The number of hydrogen-bond donors (Lipinski definition) is 2. The van der Waals surface area contributed by atoms with Gasteiger partial charge in [-0.05, 0) is 38.4 Å². The molecule has 0 spiro atoms. The Morgan fingerprint density at radius 3 is 2.56 bits per heavy atom. The predicted molar refractivity (Wildman–Crippen MR) is 65.2 cm³/mol. The number of hydrogen-bond acceptors (Lipinski definition) is 3. The Hall–Kier alpha value is -1.30. The van der Waals surface area contributed by atoms with E-state index in [1.54, 1.807) is 0 Å². The highest BCUT2D eigenvalue weighted by atomic mass is 19.4. The first-order chi connectivity index (χ1) is 8.32. The number of aromatic nitrogens is 1. The second-order valence-corrected chi connectivity index (χ2v) is 4.48. The zero-order valence-electron chi connectivity index (χ0n) is 10.5. The van der Waals surface area contributed by atoms with Crippen molar-refractivity contribution < 1.29 is 13.2 Å². The molecule has 0 aliphatic heterocycles. The number of nitrogens with zero attached hydrogens (tertiary/aromatic N) is 1. The lowest BCUT2D eigenvalue weighted by Gasteiger charge is -2.31. The Kier molecular flexibility index (Phi) is 4.56. The second-order valence-electron chi connectivity index (χ2n) is 4.48. The monoisotopic (exact) mass is 261 g/mol. The number of halogens is 3. The summed E-state index contributed by atoms with van der Waals surface area (Å²) in [6.45, 7) is 4.15. The van der Waals surface area contributed by atoms with E-state index in [4.69, 9.17) is 5.73 Å². The Labute approximate surface area is 105 Å². The SMILES string of the molecule is CCC(C)(CCN)Nc1ncccc1C(F)(F)F. The Balaban J connectivity index is 3.04. The van der Waals surface area contributed by atoms with Crippen LogP contribution in [-0.2, 0) is 6.18 Å². The van der Waals surface area contributed by atoms with E-state index in [9.17, 15) is 13.2 Å². The van der Waals surface area contributed by atoms with Crippen LogP contribution < -0.4 is 11.1 Å². The first kappa shape index (κ1) is 14.8. The number of pyridine rings is 1. The normalized spacial score (nSPS) is 15.2. The number of nitrogens with one attached hydrogen (secondary N) is 1. The Morgan fingerprint density at radius 1 is 1.39 bits per heavy atom. The molecular formula is C12H18F3N3. The average Bonchev–Trinajstić information content (AvgIpc) is 2.28. The van der Waals surface area contributed by atoms with Crippen molar-refractivity contribution in [2.75, 3.05) is 11.9 Å². The summed E-state index contributed by atoms with van der Waals surface area (Å²) in [4.78, 5) is 3.79. The van der Waals surface area contributed by atoms with Gasteiger partial charge in [0.15, 0.2) is 0 Å². The lowest BCUT2D eigenvalue weighted by Crippen LogP contribution is -2.37. The van der Waals surface area contributed by atoms with Crippen molar-refractivity contribution >= 4 is 5.82 Å². The van der Waals surface area contributed by atoms with E-state index in [0.717, 1.165) is 6.07 Å². The molecule has 0 bridgehead atoms. The largest absolute Gasteiger partial charge is 0.419 e. The first-order valence-corrected chi connectivity index (χ1v) is 5.83. The summed E-state index contributed by atoms with van der Waals surface area (Å²) >= 11 is 0. The molecule has 3 nitrogen and oxygen atoms in total. The van der Waals surface area contributed by atoms with Crippen molar-refractivity contribution in [1.29, 1.82) is 0 Å². The van der Waals surface area contributed by atoms with E-state index in [-0.39, 0.29) is 5.82 Å². The molecule has 1 aromatic heterocycles. The van der Waals surface area contributed by atoms with Crippen molar-refractivity contribution in [1.82, 2.24) is 4.98 Å². The predicted octanol–water partition coefficient (Wildman–Crippen LogP) is 3.03. The molecule has 0 fully saturated rings. The van der Waals surface area contributed by atoms with E-state index in [0.29, 0.717) is 19.4 Å². The van der Waals surface area contributed by atoms with Gasteiger partial charge in [0.05, 0.1) is 5.56 Å². The van der Waals surface area contributed by atoms with Gasteiger partial charge in [-0.1, -0.05) is 6.92 Å². The first-order valence-electron chi connectivity index (χ1n) is 5.83. The fourth-order valence-electron chi connectivity index (χ4n) is 1.67. The number of alkyl halides is 3. The van der Waals surface area contributed by atoms with Crippen LogP contribution in [0.5, 0.6) is 0 Å². The van der Waals surface area contributed by atoms with Gasteiger partial charge in [-0.15, -0.1) is 0 Å². The molecule has 18 heavy (non-hydrogen) atoms. The van der Waals surface area contributed by atoms with Gasteiger partial charge in [0.25, 0.3) is 0 Å². The van der Waals surface area contributed by atoms with Gasteiger partial charge in [0.2, 0.25) is 0 Å². The highest BCUT2D eigenvalue weighted by molar-refractivity contribution is 5.47. The highest BCUT2D eigenvalue weighted by Gasteiger charge is 2.35. The molecule has 1 unspecified atom stereocenters. The van der Waals surface area contributed by atoms with Gasteiger partial charge in [0.1, 0.15) is 5.82 Å². The number of anilines is 1. The van der Waals surface area contributed by atoms with Crippen LogP contribution in [-0.4, -0.2) is 17.1 Å². The maximum Gasteiger partial charge on any atom is 0.419 e. The molecule has 1 heterocycles. The standard InChI is InChI=1S/C12H18F3N3/c1-3-11(2,6-7-16)18-10-9(12(13,14)15)5-4-8-17-10/h4-5,8H,3,6-7,16H2,1-2H3,(H,17,18). The maximum absolute atomic E-state index is 12.8. The molecule has 1 rings (SSSR count). The van der Waals surface area contributed by atoms with Gasteiger partial charge >= 0.3 is 6.18 Å². The summed E-state index contributed by atoms with van der Waals surface area (Å²) in [5.41, 5.74) is 4.25. The van der Waals surface area contributed by atoms with Crippen molar-refractivity contribution in [3.63, 3.8) is 0 Å². The van der Waals surface area contributed by atoms with Crippen molar-refractivity contribution in [3.8, 4) is 0 Å². The lowest BCUT2D eigenvalue weighted by molar-refractivity contribution is -0.137. The lowest BCUT2D eigenvalue weighted by atomic mass is 9.94. The van der Waals surface area contributed by atoms with Crippen LogP contribution >= 0.6 is 0 Å². The van der Waals surface area contributed by atoms with Crippen LogP contribution in [0.3, 0.4) is 0 Å². The molecule has 0 aliphatic rings. The molecule has 1 atom stereocenters. The molecule has 0 saturated carbocycles. The van der Waals surface area contributed by atoms with E-state index in [2.05, 4.69) is 10.3 Å². The average molecular weight is 261 g/mol. The number of nitrogens with two attached hydrogens (primary N) is 1. The second kappa shape index (κ2) is 5.56. The third-order valence-corrected chi connectivity index (χ3v) is 3.01. The summed E-state index contributed by atoms with van der Waals surface area (Å²) < 4.78 is 38.4. The molecule has 1 aromatic rings. The van der Waals surface area contributed by atoms with Gasteiger partial charge < -0.3 is 11.1 Å². The van der Waals surface area contributed by atoms with Crippen molar-refractivity contribution in [2.45, 2.75) is 38.4 Å². The van der Waals surface area contributed by atoms with E-state index >= 15 is 0 Å². The summed E-state index contributed by atoms with van der Waals surface area (Å²) in [5, 5.41) is 2.87. The molecule has 3 N–H and O–H groups in total. The zero-order valence-corrected chi connectivity index (χ0v) is 10.5. The van der Waals surface area contributed by atoms with E-state index in [1.807, 2.05) is 13.8 Å². The summed E-state index contributed by atoms with van der Waals surface area (Å²) in [6.07, 6.45) is -1.82. The third-order valence-electron chi connectivity index (χ3n) is 3.01. The molecule has 102 valence electrons. The molecular weight excluding hydrogens is 243 g/mol. The topological polar surface area (TPSA) is 50.9 Å². The minimum absolute atomic E-state index is 0.136. The molecule has 0 saturated heterocycles. The van der Waals surface area contributed by atoms with Crippen LogP contribution in [0, 0.1) is 0 Å². The molecule has 0 aromatic carbocycles. The molecule has 6 heteroatoms. The van der Waals surface area contributed by atoms with Crippen LogP contribution in [0.15, 0.2) is 18.3 Å². The van der Waals surface area contributed by atoms with Crippen LogP contribution in [0.25, 0.3) is 0 Å². The molecule has 0 aliphatic carbocycles. The van der Waals surface area contributed by atoms with Crippen LogP contribution in [0.1, 0.15) is 32.3 Å². The van der Waals surface area contributed by atoms with Crippen molar-refractivity contribution in [2.24, 2.45) is 5.73 Å². The quantitative estimate of drug-likeness (QED) is 0.856. The van der Waals surface area contributed by atoms with Gasteiger partial charge in [-0.25, -0.2) is 4.98 Å². The van der Waals surface area contributed by atoms with Crippen LogP contribution in [0.4, 0.5) is 19.0 Å². The van der Waals surface area contributed by atoms with Crippen LogP contribution in [0.2, 0.25) is 0 Å². The maximum atomic E-state index is 12.8. The molecule has 0 amide bonds. The van der Waals surface area contributed by atoms with E-state index < -0.39 is 17.3 Å². The summed E-state index contributed by atoms with van der Waals surface area (Å²) in [5.74, 6) is -0.136. The minimum Gasteiger partial charge on any atom is -0.364 e.